The molecule has 1 aliphatic heterocycles. The van der Waals surface area contributed by atoms with Crippen molar-refractivity contribution in [1.29, 1.82) is 0 Å². The average Bonchev–Trinajstić information content (AvgIpc) is 1.97. The van der Waals surface area contributed by atoms with E-state index in [4.69, 9.17) is 6.42 Å². The summed E-state index contributed by atoms with van der Waals surface area (Å²) in [7, 11) is 0. The number of terminal acetylenes is 1. The van der Waals surface area contributed by atoms with Crippen molar-refractivity contribution in [3.63, 3.8) is 0 Å². The highest BCUT2D eigenvalue weighted by Crippen LogP contribution is 2.07. The van der Waals surface area contributed by atoms with Gasteiger partial charge in [0.2, 0.25) is 5.91 Å². The maximum absolute atomic E-state index is 11.2. The van der Waals surface area contributed by atoms with E-state index in [0.717, 1.165) is 13.1 Å². The number of amides is 1. The first-order valence-electron chi connectivity index (χ1n) is 4.18. The van der Waals surface area contributed by atoms with E-state index in [1.807, 2.05) is 0 Å². The second kappa shape index (κ2) is 4.13. The molecule has 0 aromatic rings. The number of rotatable bonds is 3. The monoisotopic (exact) mass is 166 g/mol. The fourth-order valence-corrected chi connectivity index (χ4v) is 1.10. The lowest BCUT2D eigenvalue weighted by Crippen LogP contribution is -2.45. The highest BCUT2D eigenvalue weighted by Gasteiger charge is 2.20. The van der Waals surface area contributed by atoms with Crippen LogP contribution < -0.4 is 10.6 Å². The summed E-state index contributed by atoms with van der Waals surface area (Å²) in [5, 5.41) is 5.84. The summed E-state index contributed by atoms with van der Waals surface area (Å²) in [4.78, 5) is 11.2. The van der Waals surface area contributed by atoms with E-state index in [-0.39, 0.29) is 11.9 Å². The first-order valence-corrected chi connectivity index (χ1v) is 4.18. The first kappa shape index (κ1) is 9.08. The molecule has 66 valence electrons. The minimum absolute atomic E-state index is 0.0620. The third-order valence-corrected chi connectivity index (χ3v) is 1.97. The SMILES string of the molecule is C#CC(C)NC(=O)CC1CNC1. The van der Waals surface area contributed by atoms with Crippen molar-refractivity contribution in [2.45, 2.75) is 19.4 Å². The molecular formula is C9H14N2O. The van der Waals surface area contributed by atoms with Gasteiger partial charge in [0.25, 0.3) is 0 Å². The molecule has 1 rings (SSSR count). The van der Waals surface area contributed by atoms with Gasteiger partial charge in [0.15, 0.2) is 0 Å². The summed E-state index contributed by atoms with van der Waals surface area (Å²) < 4.78 is 0. The number of carbonyl (C=O) groups excluding carboxylic acids is 1. The molecule has 0 aliphatic carbocycles. The van der Waals surface area contributed by atoms with Gasteiger partial charge in [-0.05, 0) is 25.9 Å². The second-order valence-corrected chi connectivity index (χ2v) is 3.18. The van der Waals surface area contributed by atoms with E-state index in [2.05, 4.69) is 16.6 Å². The largest absolute Gasteiger partial charge is 0.343 e. The molecule has 0 saturated carbocycles. The van der Waals surface area contributed by atoms with Crippen molar-refractivity contribution in [2.75, 3.05) is 13.1 Å². The van der Waals surface area contributed by atoms with Crippen LogP contribution >= 0.6 is 0 Å². The van der Waals surface area contributed by atoms with Crippen LogP contribution in [0.4, 0.5) is 0 Å². The van der Waals surface area contributed by atoms with Gasteiger partial charge in [-0.15, -0.1) is 6.42 Å². The van der Waals surface area contributed by atoms with E-state index < -0.39 is 0 Å². The lowest BCUT2D eigenvalue weighted by Gasteiger charge is -2.26. The molecule has 12 heavy (non-hydrogen) atoms. The molecule has 0 spiro atoms. The lowest BCUT2D eigenvalue weighted by atomic mass is 9.99. The fraction of sp³-hybridized carbons (Fsp3) is 0.667. The Balaban J connectivity index is 2.15. The summed E-state index contributed by atoms with van der Waals surface area (Å²) in [5.74, 6) is 3.03. The summed E-state index contributed by atoms with van der Waals surface area (Å²) in [6.07, 6.45) is 5.72. The Hall–Kier alpha value is -1.01. The van der Waals surface area contributed by atoms with Crippen molar-refractivity contribution in [3.8, 4) is 12.3 Å². The van der Waals surface area contributed by atoms with Crippen molar-refractivity contribution in [3.05, 3.63) is 0 Å². The van der Waals surface area contributed by atoms with E-state index in [9.17, 15) is 4.79 Å². The fourth-order valence-electron chi connectivity index (χ4n) is 1.10. The Morgan fingerprint density at radius 1 is 1.83 bits per heavy atom. The van der Waals surface area contributed by atoms with Gasteiger partial charge in [-0.2, -0.15) is 0 Å². The van der Waals surface area contributed by atoms with E-state index >= 15 is 0 Å². The normalized spacial score (nSPS) is 19.0. The highest BCUT2D eigenvalue weighted by atomic mass is 16.1. The zero-order valence-electron chi connectivity index (χ0n) is 7.26. The summed E-state index contributed by atoms with van der Waals surface area (Å²) in [6.45, 7) is 3.71. The van der Waals surface area contributed by atoms with Gasteiger partial charge in [-0.3, -0.25) is 4.79 Å². The lowest BCUT2D eigenvalue weighted by molar-refractivity contribution is -0.122. The molecule has 2 N–H and O–H groups in total. The van der Waals surface area contributed by atoms with Crippen LogP contribution in [0.3, 0.4) is 0 Å². The third-order valence-electron chi connectivity index (χ3n) is 1.97. The number of hydrogen-bond acceptors (Lipinski definition) is 2. The van der Waals surface area contributed by atoms with Gasteiger partial charge in [-0.1, -0.05) is 5.92 Å². The standard InChI is InChI=1S/C9H14N2O/c1-3-7(2)11-9(12)4-8-5-10-6-8/h1,7-8,10H,4-6H2,2H3,(H,11,12). The summed E-state index contributed by atoms with van der Waals surface area (Å²) in [5.41, 5.74) is 0. The zero-order chi connectivity index (χ0) is 8.97. The van der Waals surface area contributed by atoms with Crippen LogP contribution in [0.1, 0.15) is 13.3 Å². The topological polar surface area (TPSA) is 41.1 Å². The zero-order valence-corrected chi connectivity index (χ0v) is 7.26. The molecule has 1 saturated heterocycles. The maximum Gasteiger partial charge on any atom is 0.221 e. The van der Waals surface area contributed by atoms with E-state index in [1.165, 1.54) is 0 Å². The summed E-state index contributed by atoms with van der Waals surface area (Å²) >= 11 is 0. The van der Waals surface area contributed by atoms with Crippen LogP contribution in [0, 0.1) is 18.3 Å². The van der Waals surface area contributed by atoms with Gasteiger partial charge in [0, 0.05) is 6.42 Å². The van der Waals surface area contributed by atoms with Crippen LogP contribution in [0.15, 0.2) is 0 Å². The molecule has 0 aromatic carbocycles. The third kappa shape index (κ3) is 2.55. The maximum atomic E-state index is 11.2. The molecule has 3 nitrogen and oxygen atoms in total. The Morgan fingerprint density at radius 3 is 2.92 bits per heavy atom. The predicted octanol–water partition coefficient (Wildman–Crippen LogP) is -0.266. The quantitative estimate of drug-likeness (QED) is 0.567. The first-order chi connectivity index (χ1) is 5.72. The molecule has 0 aromatic heterocycles. The van der Waals surface area contributed by atoms with Crippen LogP contribution in [-0.2, 0) is 4.79 Å². The minimum atomic E-state index is -0.148. The Labute approximate surface area is 72.9 Å². The second-order valence-electron chi connectivity index (χ2n) is 3.18. The average molecular weight is 166 g/mol. The molecule has 1 fully saturated rings. The molecule has 1 aliphatic rings. The molecule has 3 heteroatoms. The Kier molecular flexibility index (Phi) is 3.12. The summed E-state index contributed by atoms with van der Waals surface area (Å²) in [6, 6.07) is -0.148. The van der Waals surface area contributed by atoms with Gasteiger partial charge >= 0.3 is 0 Å². The molecule has 1 amide bonds. The van der Waals surface area contributed by atoms with Crippen molar-refractivity contribution >= 4 is 5.91 Å². The van der Waals surface area contributed by atoms with E-state index in [0.29, 0.717) is 12.3 Å². The van der Waals surface area contributed by atoms with Crippen molar-refractivity contribution < 1.29 is 4.79 Å². The van der Waals surface area contributed by atoms with Crippen LogP contribution in [0.5, 0.6) is 0 Å². The molecule has 0 bridgehead atoms. The van der Waals surface area contributed by atoms with Gasteiger partial charge in [-0.25, -0.2) is 0 Å². The Bertz CT molecular complexity index is 203. The molecule has 1 unspecified atom stereocenters. The highest BCUT2D eigenvalue weighted by molar-refractivity contribution is 5.77. The molecule has 0 radical (unpaired) electrons. The van der Waals surface area contributed by atoms with Crippen LogP contribution in [-0.4, -0.2) is 25.0 Å². The van der Waals surface area contributed by atoms with Gasteiger partial charge in [0.05, 0.1) is 6.04 Å². The van der Waals surface area contributed by atoms with Crippen LogP contribution in [0.25, 0.3) is 0 Å². The van der Waals surface area contributed by atoms with Crippen molar-refractivity contribution in [1.82, 2.24) is 10.6 Å². The molecule has 1 heterocycles. The number of hydrogen-bond donors (Lipinski definition) is 2. The smallest absolute Gasteiger partial charge is 0.221 e. The number of carbonyl (C=O) groups is 1. The molecule has 1 atom stereocenters. The van der Waals surface area contributed by atoms with Crippen molar-refractivity contribution in [2.24, 2.45) is 5.92 Å². The van der Waals surface area contributed by atoms with E-state index in [1.54, 1.807) is 6.92 Å². The van der Waals surface area contributed by atoms with Gasteiger partial charge < -0.3 is 10.6 Å². The predicted molar refractivity (Wildman–Crippen MR) is 47.4 cm³/mol. The van der Waals surface area contributed by atoms with Crippen LogP contribution in [0.2, 0.25) is 0 Å². The number of nitrogens with one attached hydrogen (secondary N) is 2. The minimum Gasteiger partial charge on any atom is -0.343 e. The van der Waals surface area contributed by atoms with Gasteiger partial charge in [0.1, 0.15) is 0 Å². The molecular weight excluding hydrogens is 152 g/mol. The Morgan fingerprint density at radius 2 is 2.50 bits per heavy atom.